The summed E-state index contributed by atoms with van der Waals surface area (Å²) in [5, 5.41) is 2.80. The van der Waals surface area contributed by atoms with Gasteiger partial charge in [0.15, 0.2) is 6.61 Å². The summed E-state index contributed by atoms with van der Waals surface area (Å²) in [6.45, 7) is 1.65. The Kier molecular flexibility index (Phi) is 7.22. The lowest BCUT2D eigenvalue weighted by Gasteiger charge is -2.12. The van der Waals surface area contributed by atoms with Gasteiger partial charge >= 0.3 is 0 Å². The van der Waals surface area contributed by atoms with Crippen LogP contribution in [-0.4, -0.2) is 20.9 Å². The van der Waals surface area contributed by atoms with Gasteiger partial charge in [0.2, 0.25) is 0 Å². The highest BCUT2D eigenvalue weighted by molar-refractivity contribution is 14.1. The molecular weight excluding hydrogens is 539 g/mol. The molecule has 3 aromatic carbocycles. The molecule has 9 heteroatoms. The molecule has 0 bridgehead atoms. The predicted octanol–water partition coefficient (Wildman–Crippen LogP) is 5.07. The number of benzene rings is 3. The van der Waals surface area contributed by atoms with E-state index in [4.69, 9.17) is 16.3 Å². The summed E-state index contributed by atoms with van der Waals surface area (Å²) in [6, 6.07) is 18.4. The number of nitrogens with one attached hydrogen (secondary N) is 2. The van der Waals surface area contributed by atoms with Gasteiger partial charge in [-0.05, 0) is 84.1 Å². The first-order chi connectivity index (χ1) is 14.2. The van der Waals surface area contributed by atoms with Crippen LogP contribution in [0.1, 0.15) is 5.56 Å². The van der Waals surface area contributed by atoms with Crippen LogP contribution in [0.2, 0.25) is 5.02 Å². The fourth-order valence-electron chi connectivity index (χ4n) is 2.48. The van der Waals surface area contributed by atoms with Gasteiger partial charge < -0.3 is 10.1 Å². The molecule has 156 valence electrons. The number of carbonyl (C=O) groups is 1. The minimum atomic E-state index is -3.81. The summed E-state index contributed by atoms with van der Waals surface area (Å²) in [7, 11) is -3.81. The number of amides is 1. The van der Waals surface area contributed by atoms with Crippen molar-refractivity contribution in [3.05, 3.63) is 80.9 Å². The van der Waals surface area contributed by atoms with E-state index in [1.54, 1.807) is 24.3 Å². The maximum Gasteiger partial charge on any atom is 0.262 e. The van der Waals surface area contributed by atoms with E-state index >= 15 is 0 Å². The Morgan fingerprint density at radius 3 is 2.27 bits per heavy atom. The predicted molar refractivity (Wildman–Crippen MR) is 127 cm³/mol. The Morgan fingerprint density at radius 1 is 1.00 bits per heavy atom. The van der Waals surface area contributed by atoms with Crippen molar-refractivity contribution in [3.63, 3.8) is 0 Å². The molecule has 6 nitrogen and oxygen atoms in total. The van der Waals surface area contributed by atoms with Gasteiger partial charge in [0, 0.05) is 14.9 Å². The molecule has 0 fully saturated rings. The van der Waals surface area contributed by atoms with E-state index in [1.165, 1.54) is 18.2 Å². The molecule has 0 radical (unpaired) electrons. The molecular formula is C21H18ClIN2O4S. The van der Waals surface area contributed by atoms with Crippen molar-refractivity contribution in [2.45, 2.75) is 11.8 Å². The molecule has 0 heterocycles. The highest BCUT2D eigenvalue weighted by Crippen LogP contribution is 2.28. The minimum Gasteiger partial charge on any atom is -0.482 e. The summed E-state index contributed by atoms with van der Waals surface area (Å²) in [4.78, 5) is 12.0. The van der Waals surface area contributed by atoms with Gasteiger partial charge in [-0.2, -0.15) is 0 Å². The Hall–Kier alpha value is -2.30. The van der Waals surface area contributed by atoms with E-state index in [0.29, 0.717) is 11.4 Å². The van der Waals surface area contributed by atoms with E-state index in [1.807, 2.05) is 31.2 Å². The third-order valence-corrected chi connectivity index (χ3v) is 6.40. The standard InChI is InChI=1S/C21H18ClIN2O4S/c1-14-2-6-17(7-3-14)25-30(27,28)18-10-11-20(19(22)12-18)29-13-21(26)24-16-8-4-15(23)5-9-16/h2-12,25H,13H2,1H3,(H,24,26). The van der Waals surface area contributed by atoms with Crippen LogP contribution in [-0.2, 0) is 14.8 Å². The number of anilines is 2. The monoisotopic (exact) mass is 556 g/mol. The minimum absolute atomic E-state index is 0.0104. The Balaban J connectivity index is 1.63. The average molecular weight is 557 g/mol. The van der Waals surface area contributed by atoms with E-state index in [2.05, 4.69) is 32.6 Å². The van der Waals surface area contributed by atoms with Gasteiger partial charge in [0.05, 0.1) is 9.92 Å². The lowest BCUT2D eigenvalue weighted by atomic mass is 10.2. The second kappa shape index (κ2) is 9.67. The molecule has 2 N–H and O–H groups in total. The van der Waals surface area contributed by atoms with Crippen molar-refractivity contribution in [1.29, 1.82) is 0 Å². The van der Waals surface area contributed by atoms with E-state index in [-0.39, 0.29) is 28.2 Å². The SMILES string of the molecule is Cc1ccc(NS(=O)(=O)c2ccc(OCC(=O)Nc3ccc(I)cc3)c(Cl)c2)cc1. The average Bonchev–Trinajstić information content (AvgIpc) is 2.70. The first-order valence-corrected chi connectivity index (χ1v) is 11.7. The van der Waals surface area contributed by atoms with Crippen molar-refractivity contribution in [2.75, 3.05) is 16.6 Å². The summed E-state index contributed by atoms with van der Waals surface area (Å²) in [6.07, 6.45) is 0. The van der Waals surface area contributed by atoms with Crippen LogP contribution in [0.5, 0.6) is 5.75 Å². The zero-order chi connectivity index (χ0) is 21.7. The number of aryl methyl sites for hydroxylation is 1. The van der Waals surface area contributed by atoms with Gasteiger partial charge in [-0.15, -0.1) is 0 Å². The first-order valence-electron chi connectivity index (χ1n) is 8.80. The molecule has 0 unspecified atom stereocenters. The van der Waals surface area contributed by atoms with Crippen LogP contribution in [0, 0.1) is 10.5 Å². The van der Waals surface area contributed by atoms with E-state index in [9.17, 15) is 13.2 Å². The molecule has 0 aliphatic heterocycles. The topological polar surface area (TPSA) is 84.5 Å². The highest BCUT2D eigenvalue weighted by Gasteiger charge is 2.17. The van der Waals surface area contributed by atoms with E-state index in [0.717, 1.165) is 9.13 Å². The third-order valence-electron chi connectivity index (χ3n) is 4.00. The molecule has 0 spiro atoms. The van der Waals surface area contributed by atoms with Crippen molar-refractivity contribution in [1.82, 2.24) is 0 Å². The molecule has 0 aliphatic rings. The molecule has 0 saturated heterocycles. The maximum absolute atomic E-state index is 12.6. The van der Waals surface area contributed by atoms with Gasteiger partial charge in [0.25, 0.3) is 15.9 Å². The smallest absolute Gasteiger partial charge is 0.262 e. The Bertz CT molecular complexity index is 1150. The summed E-state index contributed by atoms with van der Waals surface area (Å²) >= 11 is 8.34. The van der Waals surface area contributed by atoms with Crippen LogP contribution in [0.3, 0.4) is 0 Å². The van der Waals surface area contributed by atoms with Crippen molar-refractivity contribution in [3.8, 4) is 5.75 Å². The molecule has 0 atom stereocenters. The number of carbonyl (C=O) groups excluding carboxylic acids is 1. The quantitative estimate of drug-likeness (QED) is 0.398. The van der Waals surface area contributed by atoms with Crippen LogP contribution >= 0.6 is 34.2 Å². The fourth-order valence-corrected chi connectivity index (χ4v) is 4.22. The lowest BCUT2D eigenvalue weighted by molar-refractivity contribution is -0.118. The number of halogens is 2. The lowest BCUT2D eigenvalue weighted by Crippen LogP contribution is -2.20. The maximum atomic E-state index is 12.6. The van der Waals surface area contributed by atoms with Gasteiger partial charge in [-0.1, -0.05) is 29.3 Å². The first kappa shape index (κ1) is 22.4. The van der Waals surface area contributed by atoms with Crippen molar-refractivity contribution in [2.24, 2.45) is 0 Å². The third kappa shape index (κ3) is 6.10. The molecule has 0 aromatic heterocycles. The summed E-state index contributed by atoms with van der Waals surface area (Å²) < 4.78 is 34.1. The normalized spacial score (nSPS) is 11.0. The van der Waals surface area contributed by atoms with Crippen molar-refractivity contribution >= 4 is 61.5 Å². The molecule has 1 amide bonds. The molecule has 3 rings (SSSR count). The van der Waals surface area contributed by atoms with Gasteiger partial charge in [-0.25, -0.2) is 8.42 Å². The van der Waals surface area contributed by atoms with Crippen LogP contribution in [0.4, 0.5) is 11.4 Å². The fraction of sp³-hybridized carbons (Fsp3) is 0.0952. The Morgan fingerprint density at radius 2 is 1.63 bits per heavy atom. The number of rotatable bonds is 7. The molecule has 0 aliphatic carbocycles. The zero-order valence-corrected chi connectivity index (χ0v) is 19.6. The molecule has 30 heavy (non-hydrogen) atoms. The largest absolute Gasteiger partial charge is 0.482 e. The van der Waals surface area contributed by atoms with Gasteiger partial charge in [0.1, 0.15) is 5.75 Å². The Labute approximate surface area is 193 Å². The number of ether oxygens (including phenoxy) is 1. The van der Waals surface area contributed by atoms with Crippen LogP contribution in [0.25, 0.3) is 0 Å². The zero-order valence-electron chi connectivity index (χ0n) is 15.9. The van der Waals surface area contributed by atoms with E-state index < -0.39 is 10.0 Å². The second-order valence-corrected chi connectivity index (χ2v) is 9.74. The highest BCUT2D eigenvalue weighted by atomic mass is 127. The van der Waals surface area contributed by atoms with Crippen LogP contribution < -0.4 is 14.8 Å². The molecule has 3 aromatic rings. The number of hydrogen-bond donors (Lipinski definition) is 2. The van der Waals surface area contributed by atoms with Crippen molar-refractivity contribution < 1.29 is 17.9 Å². The summed E-state index contributed by atoms with van der Waals surface area (Å²) in [5.41, 5.74) is 2.12. The van der Waals surface area contributed by atoms with Gasteiger partial charge in [-0.3, -0.25) is 9.52 Å². The number of hydrogen-bond acceptors (Lipinski definition) is 4. The molecule has 0 saturated carbocycles. The summed E-state index contributed by atoms with van der Waals surface area (Å²) in [5.74, 6) is -0.145. The van der Waals surface area contributed by atoms with Crippen LogP contribution in [0.15, 0.2) is 71.6 Å². The number of sulfonamides is 1. The second-order valence-electron chi connectivity index (χ2n) is 6.41.